The molecule has 0 unspecified atom stereocenters. The van der Waals surface area contributed by atoms with Gasteiger partial charge in [-0.15, -0.1) is 24.0 Å². The number of carbonyl (C=O) groups is 2. The predicted octanol–water partition coefficient (Wildman–Crippen LogP) is 3.89. The molecule has 1 fully saturated rings. The van der Waals surface area contributed by atoms with Crippen molar-refractivity contribution in [2.45, 2.75) is 33.2 Å². The number of piperidine rings is 1. The molecule has 0 radical (unpaired) electrons. The van der Waals surface area contributed by atoms with Crippen LogP contribution in [0.2, 0.25) is 0 Å². The van der Waals surface area contributed by atoms with Crippen LogP contribution in [0.4, 0.5) is 5.69 Å². The number of nitrogens with one attached hydrogen (secondary N) is 2. The Labute approximate surface area is 205 Å². The van der Waals surface area contributed by atoms with E-state index in [2.05, 4.69) is 15.5 Å². The first-order valence-electron chi connectivity index (χ1n) is 10.7. The molecule has 2 aromatic rings. The molecule has 1 aliphatic heterocycles. The van der Waals surface area contributed by atoms with Crippen molar-refractivity contribution in [1.82, 2.24) is 10.2 Å². The lowest BCUT2D eigenvalue weighted by Crippen LogP contribution is -2.46. The maximum atomic E-state index is 12.1. The molecule has 32 heavy (non-hydrogen) atoms. The monoisotopic (exact) mass is 554 g/mol. The smallest absolute Gasteiger partial charge is 0.309 e. The normalized spacial score (nSPS) is 14.4. The maximum Gasteiger partial charge on any atom is 0.309 e. The summed E-state index contributed by atoms with van der Waals surface area (Å²) in [5.74, 6) is 0.721. The number of halogens is 1. The Morgan fingerprint density at radius 2 is 1.88 bits per heavy atom. The van der Waals surface area contributed by atoms with Crippen LogP contribution >= 0.6 is 24.0 Å². The molecule has 2 N–H and O–H groups in total. The Morgan fingerprint density at radius 1 is 1.16 bits per heavy atom. The molecular formula is C23H31IN4O4. The summed E-state index contributed by atoms with van der Waals surface area (Å²) in [7, 11) is 0. The Balaban J connectivity index is 0.00000363. The zero-order chi connectivity index (χ0) is 22.1. The molecule has 174 valence electrons. The zero-order valence-electron chi connectivity index (χ0n) is 18.5. The fraction of sp³-hybridized carbons (Fsp3) is 0.435. The van der Waals surface area contributed by atoms with Gasteiger partial charge in [0.15, 0.2) is 11.7 Å². The number of nitrogens with zero attached hydrogens (tertiary/aromatic N) is 2. The van der Waals surface area contributed by atoms with Crippen LogP contribution in [0.1, 0.15) is 42.8 Å². The fourth-order valence-electron chi connectivity index (χ4n) is 3.47. The molecule has 1 amide bonds. The maximum absolute atomic E-state index is 12.1. The van der Waals surface area contributed by atoms with Gasteiger partial charge in [0, 0.05) is 25.3 Å². The van der Waals surface area contributed by atoms with E-state index in [1.165, 1.54) is 6.26 Å². The summed E-state index contributed by atoms with van der Waals surface area (Å²) in [6, 6.07) is 10.9. The van der Waals surface area contributed by atoms with Crippen molar-refractivity contribution in [3.8, 4) is 0 Å². The number of furan rings is 1. The molecule has 0 bridgehead atoms. The van der Waals surface area contributed by atoms with Crippen LogP contribution in [-0.2, 0) is 16.1 Å². The van der Waals surface area contributed by atoms with Gasteiger partial charge in [0.25, 0.3) is 5.91 Å². The number of aliphatic imine (C=N–C) groups is 1. The second-order valence-corrected chi connectivity index (χ2v) is 7.31. The third kappa shape index (κ3) is 7.25. The molecule has 8 nitrogen and oxygen atoms in total. The predicted molar refractivity (Wildman–Crippen MR) is 134 cm³/mol. The molecule has 1 saturated heterocycles. The average molecular weight is 554 g/mol. The quantitative estimate of drug-likeness (QED) is 0.234. The summed E-state index contributed by atoms with van der Waals surface area (Å²) >= 11 is 0. The number of rotatable bonds is 7. The van der Waals surface area contributed by atoms with Crippen molar-refractivity contribution in [3.63, 3.8) is 0 Å². The fourth-order valence-corrected chi connectivity index (χ4v) is 3.47. The van der Waals surface area contributed by atoms with E-state index in [-0.39, 0.29) is 47.5 Å². The summed E-state index contributed by atoms with van der Waals surface area (Å²) in [6.07, 6.45) is 3.01. The van der Waals surface area contributed by atoms with Gasteiger partial charge in [0.2, 0.25) is 0 Å². The van der Waals surface area contributed by atoms with E-state index in [0.29, 0.717) is 18.8 Å². The van der Waals surface area contributed by atoms with Gasteiger partial charge < -0.3 is 24.7 Å². The van der Waals surface area contributed by atoms with Crippen LogP contribution in [0, 0.1) is 5.92 Å². The first-order valence-corrected chi connectivity index (χ1v) is 10.7. The number of esters is 1. The first-order chi connectivity index (χ1) is 15.1. The van der Waals surface area contributed by atoms with Crippen molar-refractivity contribution in [2.24, 2.45) is 10.9 Å². The summed E-state index contributed by atoms with van der Waals surface area (Å²) in [5, 5.41) is 6.14. The third-order valence-corrected chi connectivity index (χ3v) is 5.12. The van der Waals surface area contributed by atoms with E-state index >= 15 is 0 Å². The van der Waals surface area contributed by atoms with Gasteiger partial charge in [-0.2, -0.15) is 0 Å². The van der Waals surface area contributed by atoms with Gasteiger partial charge >= 0.3 is 5.97 Å². The largest absolute Gasteiger partial charge is 0.466 e. The van der Waals surface area contributed by atoms with E-state index in [1.807, 2.05) is 38.1 Å². The topological polar surface area (TPSA) is 96.2 Å². The lowest BCUT2D eigenvalue weighted by atomic mass is 9.97. The molecule has 1 aromatic carbocycles. The number of amides is 1. The Bertz CT molecular complexity index is 876. The first kappa shape index (κ1) is 25.7. The molecular weight excluding hydrogens is 523 g/mol. The highest BCUT2D eigenvalue weighted by molar-refractivity contribution is 14.0. The lowest BCUT2D eigenvalue weighted by molar-refractivity contribution is -0.149. The van der Waals surface area contributed by atoms with Crippen molar-refractivity contribution in [1.29, 1.82) is 0 Å². The summed E-state index contributed by atoms with van der Waals surface area (Å²) in [5.41, 5.74) is 1.73. The van der Waals surface area contributed by atoms with Crippen LogP contribution in [0.3, 0.4) is 0 Å². The summed E-state index contributed by atoms with van der Waals surface area (Å²) in [4.78, 5) is 31.0. The van der Waals surface area contributed by atoms with E-state index in [1.54, 1.807) is 12.1 Å². The number of hydrogen-bond acceptors (Lipinski definition) is 5. The van der Waals surface area contributed by atoms with Gasteiger partial charge in [0.1, 0.15) is 0 Å². The zero-order valence-corrected chi connectivity index (χ0v) is 20.8. The highest BCUT2D eigenvalue weighted by Crippen LogP contribution is 2.19. The Hall–Kier alpha value is -2.56. The molecule has 0 saturated carbocycles. The van der Waals surface area contributed by atoms with Crippen LogP contribution in [0.15, 0.2) is 52.1 Å². The van der Waals surface area contributed by atoms with Crippen LogP contribution < -0.4 is 10.6 Å². The number of ether oxygens (including phenoxy) is 1. The standard InChI is InChI=1S/C23H30N4O4.HI/c1-3-24-23(27-13-11-18(12-14-27)22(29)30-4-2)25-16-17-7-9-19(10-8-17)26-21(28)20-6-5-15-31-20;/h5-10,15,18H,3-4,11-14,16H2,1-2H3,(H,24,25)(H,26,28);1H. The molecule has 2 heterocycles. The van der Waals surface area contributed by atoms with Crippen LogP contribution in [0.25, 0.3) is 0 Å². The molecule has 0 atom stereocenters. The van der Waals surface area contributed by atoms with Gasteiger partial charge in [-0.25, -0.2) is 4.99 Å². The number of hydrogen-bond donors (Lipinski definition) is 2. The van der Waals surface area contributed by atoms with Gasteiger partial charge in [-0.05, 0) is 56.5 Å². The van der Waals surface area contributed by atoms with Gasteiger partial charge in [-0.1, -0.05) is 12.1 Å². The third-order valence-electron chi connectivity index (χ3n) is 5.12. The van der Waals surface area contributed by atoms with E-state index < -0.39 is 0 Å². The van der Waals surface area contributed by atoms with Crippen molar-refractivity contribution in [2.75, 3.05) is 31.6 Å². The number of benzene rings is 1. The summed E-state index contributed by atoms with van der Waals surface area (Å²) in [6.45, 7) is 7.13. The molecule has 3 rings (SSSR count). The van der Waals surface area contributed by atoms with E-state index in [9.17, 15) is 9.59 Å². The van der Waals surface area contributed by atoms with Crippen molar-refractivity contribution >= 4 is 47.5 Å². The Morgan fingerprint density at radius 3 is 2.47 bits per heavy atom. The number of carbonyl (C=O) groups excluding carboxylic acids is 2. The van der Waals surface area contributed by atoms with Crippen molar-refractivity contribution in [3.05, 3.63) is 54.0 Å². The second kappa shape index (κ2) is 13.1. The minimum absolute atomic E-state index is 0. The SMILES string of the molecule is CCNC(=NCc1ccc(NC(=O)c2ccco2)cc1)N1CCC(C(=O)OCC)CC1.I. The molecule has 0 aliphatic carbocycles. The number of likely N-dealkylation sites (tertiary alicyclic amines) is 1. The van der Waals surface area contributed by atoms with E-state index in [0.717, 1.165) is 44.0 Å². The highest BCUT2D eigenvalue weighted by atomic mass is 127. The lowest BCUT2D eigenvalue weighted by Gasteiger charge is -2.33. The van der Waals surface area contributed by atoms with Crippen molar-refractivity contribution < 1.29 is 18.7 Å². The van der Waals surface area contributed by atoms with Gasteiger partial charge in [0.05, 0.1) is 25.3 Å². The number of anilines is 1. The minimum atomic E-state index is -0.281. The average Bonchev–Trinajstić information content (AvgIpc) is 3.33. The molecule has 0 spiro atoms. The summed E-state index contributed by atoms with van der Waals surface area (Å²) < 4.78 is 10.3. The highest BCUT2D eigenvalue weighted by Gasteiger charge is 2.27. The molecule has 9 heteroatoms. The van der Waals surface area contributed by atoms with Crippen LogP contribution in [-0.4, -0.2) is 49.0 Å². The number of guanidine groups is 1. The van der Waals surface area contributed by atoms with Crippen LogP contribution in [0.5, 0.6) is 0 Å². The van der Waals surface area contributed by atoms with Gasteiger partial charge in [-0.3, -0.25) is 9.59 Å². The second-order valence-electron chi connectivity index (χ2n) is 7.31. The molecule has 1 aromatic heterocycles. The van der Waals surface area contributed by atoms with E-state index in [4.69, 9.17) is 14.1 Å². The Kier molecular flexibility index (Phi) is 10.5. The minimum Gasteiger partial charge on any atom is -0.466 e. The molecule has 1 aliphatic rings.